The Hall–Kier alpha value is -1.39. The number of likely N-dealkylation sites (tertiary alicyclic amines) is 1. The third-order valence-corrected chi connectivity index (χ3v) is 5.04. The van der Waals surface area contributed by atoms with Gasteiger partial charge in [-0.1, -0.05) is 31.8 Å². The zero-order valence-electron chi connectivity index (χ0n) is 13.0. The second kappa shape index (κ2) is 5.78. The van der Waals surface area contributed by atoms with Crippen LogP contribution >= 0.6 is 0 Å². The third-order valence-electron chi connectivity index (χ3n) is 5.04. The molecule has 0 aromatic carbocycles. The first-order valence-electron chi connectivity index (χ1n) is 8.14. The van der Waals surface area contributed by atoms with Crippen LogP contribution in [0.1, 0.15) is 70.7 Å². The highest BCUT2D eigenvalue weighted by Gasteiger charge is 2.41. The molecule has 0 unspecified atom stereocenters. The molecule has 2 heterocycles. The number of carbonyl (C=O) groups excluding carboxylic acids is 1. The van der Waals surface area contributed by atoms with E-state index in [2.05, 4.69) is 24.0 Å². The Morgan fingerprint density at radius 1 is 1.33 bits per heavy atom. The minimum absolute atomic E-state index is 0.00578. The zero-order valence-corrected chi connectivity index (χ0v) is 13.0. The zero-order chi connectivity index (χ0) is 14.9. The molecule has 2 aliphatic rings. The second-order valence-corrected chi connectivity index (χ2v) is 7.18. The van der Waals surface area contributed by atoms with Gasteiger partial charge in [0, 0.05) is 13.0 Å². The van der Waals surface area contributed by atoms with Gasteiger partial charge in [-0.25, -0.2) is 0 Å². The molecule has 1 aromatic heterocycles. The fraction of sp³-hybridized carbons (Fsp3) is 0.812. The predicted octanol–water partition coefficient (Wildman–Crippen LogP) is 3.34. The molecule has 0 spiro atoms. The Bertz CT molecular complexity index is 480. The lowest BCUT2D eigenvalue weighted by Gasteiger charge is -2.32. The molecule has 1 aromatic rings. The monoisotopic (exact) mass is 291 g/mol. The van der Waals surface area contributed by atoms with E-state index < -0.39 is 0 Å². The normalized spacial score (nSPS) is 23.9. The van der Waals surface area contributed by atoms with Crippen LogP contribution in [-0.4, -0.2) is 27.5 Å². The lowest BCUT2D eigenvalue weighted by atomic mass is 9.83. The quantitative estimate of drug-likeness (QED) is 0.853. The van der Waals surface area contributed by atoms with Crippen LogP contribution in [0.5, 0.6) is 0 Å². The minimum Gasteiger partial charge on any atom is -0.343 e. The van der Waals surface area contributed by atoms with Crippen molar-refractivity contribution in [1.82, 2.24) is 15.0 Å². The van der Waals surface area contributed by atoms with E-state index >= 15 is 0 Å². The van der Waals surface area contributed by atoms with Gasteiger partial charge in [-0.2, -0.15) is 4.98 Å². The van der Waals surface area contributed by atoms with Crippen LogP contribution in [0.25, 0.3) is 0 Å². The highest BCUT2D eigenvalue weighted by atomic mass is 16.5. The number of hydrogen-bond donors (Lipinski definition) is 0. The van der Waals surface area contributed by atoms with Crippen molar-refractivity contribution in [3.63, 3.8) is 0 Å². The summed E-state index contributed by atoms with van der Waals surface area (Å²) in [5.41, 5.74) is 0.116. The maximum absolute atomic E-state index is 12.8. The van der Waals surface area contributed by atoms with Gasteiger partial charge in [0.25, 0.3) is 0 Å². The van der Waals surface area contributed by atoms with Crippen molar-refractivity contribution in [3.8, 4) is 0 Å². The Labute approximate surface area is 126 Å². The minimum atomic E-state index is -0.00578. The molecule has 5 nitrogen and oxygen atoms in total. The second-order valence-electron chi connectivity index (χ2n) is 7.18. The predicted molar refractivity (Wildman–Crippen MR) is 78.3 cm³/mol. The fourth-order valence-electron chi connectivity index (χ4n) is 3.50. The van der Waals surface area contributed by atoms with Gasteiger partial charge in [0.2, 0.25) is 12.3 Å². The number of amides is 1. The SMILES string of the molecule is CC(C)(CC(=O)N1CCCCC[C@@H]1c1ncon1)C1CC1. The number of rotatable bonds is 4. The molecular formula is C16H25N3O2. The van der Waals surface area contributed by atoms with Crippen molar-refractivity contribution in [2.45, 2.75) is 64.8 Å². The van der Waals surface area contributed by atoms with Gasteiger partial charge in [0.05, 0.1) is 6.04 Å². The van der Waals surface area contributed by atoms with Crippen LogP contribution in [0.15, 0.2) is 10.9 Å². The van der Waals surface area contributed by atoms with Gasteiger partial charge in [-0.05, 0) is 37.0 Å². The molecule has 2 fully saturated rings. The van der Waals surface area contributed by atoms with Gasteiger partial charge in [0.15, 0.2) is 5.82 Å². The summed E-state index contributed by atoms with van der Waals surface area (Å²) in [6.45, 7) is 5.27. The Kier molecular flexibility index (Phi) is 4.00. The average Bonchev–Trinajstić information content (AvgIpc) is 3.21. The van der Waals surface area contributed by atoms with Crippen LogP contribution in [0, 0.1) is 11.3 Å². The summed E-state index contributed by atoms with van der Waals surface area (Å²) in [7, 11) is 0. The molecule has 1 amide bonds. The summed E-state index contributed by atoms with van der Waals surface area (Å²) in [4.78, 5) is 19.0. The van der Waals surface area contributed by atoms with Crippen molar-refractivity contribution in [3.05, 3.63) is 12.2 Å². The van der Waals surface area contributed by atoms with Gasteiger partial charge in [-0.15, -0.1) is 0 Å². The number of aromatic nitrogens is 2. The van der Waals surface area contributed by atoms with Gasteiger partial charge in [-0.3, -0.25) is 4.79 Å². The molecule has 1 aliphatic carbocycles. The molecule has 0 bridgehead atoms. The Morgan fingerprint density at radius 3 is 2.81 bits per heavy atom. The van der Waals surface area contributed by atoms with Crippen LogP contribution in [-0.2, 0) is 4.79 Å². The summed E-state index contributed by atoms with van der Waals surface area (Å²) in [5.74, 6) is 1.63. The lowest BCUT2D eigenvalue weighted by Crippen LogP contribution is -2.38. The van der Waals surface area contributed by atoms with Crippen LogP contribution in [0.3, 0.4) is 0 Å². The Balaban J connectivity index is 1.74. The van der Waals surface area contributed by atoms with Crippen LogP contribution in [0.4, 0.5) is 0 Å². The van der Waals surface area contributed by atoms with Crippen molar-refractivity contribution in [2.75, 3.05) is 6.54 Å². The highest BCUT2D eigenvalue weighted by Crippen LogP contribution is 2.47. The lowest BCUT2D eigenvalue weighted by molar-refractivity contribution is -0.136. The third kappa shape index (κ3) is 3.27. The van der Waals surface area contributed by atoms with Gasteiger partial charge in [0.1, 0.15) is 0 Å². The molecule has 1 atom stereocenters. The van der Waals surface area contributed by atoms with E-state index in [1.54, 1.807) is 0 Å². The van der Waals surface area contributed by atoms with E-state index in [1.807, 2.05) is 4.90 Å². The average molecular weight is 291 g/mol. The summed E-state index contributed by atoms with van der Waals surface area (Å²) in [6, 6.07) is -0.00578. The van der Waals surface area contributed by atoms with E-state index in [4.69, 9.17) is 4.52 Å². The molecule has 5 heteroatoms. The summed E-state index contributed by atoms with van der Waals surface area (Å²) in [6.07, 6.45) is 8.84. The molecule has 1 aliphatic heterocycles. The molecule has 1 saturated carbocycles. The molecule has 116 valence electrons. The molecule has 0 N–H and O–H groups in total. The number of hydrogen-bond acceptors (Lipinski definition) is 4. The molecular weight excluding hydrogens is 266 g/mol. The molecule has 21 heavy (non-hydrogen) atoms. The van der Waals surface area contributed by atoms with Crippen molar-refractivity contribution >= 4 is 5.91 Å². The maximum atomic E-state index is 12.8. The summed E-state index contributed by atoms with van der Waals surface area (Å²) < 4.78 is 4.89. The van der Waals surface area contributed by atoms with E-state index in [9.17, 15) is 4.79 Å². The first kappa shape index (κ1) is 14.5. The van der Waals surface area contributed by atoms with E-state index in [1.165, 1.54) is 25.7 Å². The van der Waals surface area contributed by atoms with Gasteiger partial charge < -0.3 is 9.42 Å². The first-order chi connectivity index (χ1) is 10.1. The standard InChI is InChI=1S/C16H25N3O2/c1-16(2,12-7-8-12)10-14(20)19-9-5-3-4-6-13(19)15-17-11-21-18-15/h11-13H,3-10H2,1-2H3/t13-/m1/s1. The summed E-state index contributed by atoms with van der Waals surface area (Å²) >= 11 is 0. The van der Waals surface area contributed by atoms with E-state index in [-0.39, 0.29) is 17.4 Å². The largest absolute Gasteiger partial charge is 0.343 e. The maximum Gasteiger partial charge on any atom is 0.223 e. The number of nitrogens with zero attached hydrogens (tertiary/aromatic N) is 3. The summed E-state index contributed by atoms with van der Waals surface area (Å²) in [5, 5.41) is 3.98. The topological polar surface area (TPSA) is 59.2 Å². The van der Waals surface area contributed by atoms with E-state index in [0.29, 0.717) is 12.2 Å². The molecule has 1 saturated heterocycles. The fourth-order valence-corrected chi connectivity index (χ4v) is 3.50. The van der Waals surface area contributed by atoms with Crippen LogP contribution in [0.2, 0.25) is 0 Å². The van der Waals surface area contributed by atoms with Crippen molar-refractivity contribution in [1.29, 1.82) is 0 Å². The number of carbonyl (C=O) groups is 1. The highest BCUT2D eigenvalue weighted by molar-refractivity contribution is 5.77. The Morgan fingerprint density at radius 2 is 2.14 bits per heavy atom. The van der Waals surface area contributed by atoms with E-state index in [0.717, 1.165) is 31.7 Å². The molecule has 3 rings (SSSR count). The smallest absolute Gasteiger partial charge is 0.223 e. The first-order valence-corrected chi connectivity index (χ1v) is 8.14. The molecule has 0 radical (unpaired) electrons. The van der Waals surface area contributed by atoms with Crippen molar-refractivity contribution in [2.24, 2.45) is 11.3 Å². The van der Waals surface area contributed by atoms with Crippen LogP contribution < -0.4 is 0 Å². The van der Waals surface area contributed by atoms with Gasteiger partial charge >= 0.3 is 0 Å². The van der Waals surface area contributed by atoms with Crippen molar-refractivity contribution < 1.29 is 9.32 Å².